The summed E-state index contributed by atoms with van der Waals surface area (Å²) in [6.45, 7) is 6.92. The summed E-state index contributed by atoms with van der Waals surface area (Å²) in [6.07, 6.45) is 4.24. The van der Waals surface area contributed by atoms with Crippen LogP contribution in [-0.2, 0) is 6.42 Å². The molecule has 0 amide bonds. The number of rotatable bonds is 0. The predicted octanol–water partition coefficient (Wildman–Crippen LogP) is 3.36. The van der Waals surface area contributed by atoms with Gasteiger partial charge in [-0.25, -0.2) is 0 Å². The van der Waals surface area contributed by atoms with Crippen molar-refractivity contribution in [1.82, 2.24) is 0 Å². The maximum absolute atomic E-state index is 5.46. The highest BCUT2D eigenvalue weighted by Gasteiger charge is 2.31. The van der Waals surface area contributed by atoms with E-state index in [4.69, 9.17) is 4.42 Å². The Kier molecular flexibility index (Phi) is 1.57. The van der Waals surface area contributed by atoms with Crippen LogP contribution in [0.2, 0.25) is 0 Å². The molecule has 0 saturated carbocycles. The molecule has 0 saturated heterocycles. The monoisotopic (exact) mass is 164 g/mol. The lowest BCUT2D eigenvalue weighted by molar-refractivity contribution is 0.264. The SMILES string of the molecule is C[C@@H]1CC(C)(C)Cc2ccoc21. The molecule has 1 heteroatoms. The molecule has 1 aromatic heterocycles. The van der Waals surface area contributed by atoms with Gasteiger partial charge in [-0.2, -0.15) is 0 Å². The van der Waals surface area contributed by atoms with Crippen LogP contribution >= 0.6 is 0 Å². The third kappa shape index (κ3) is 1.17. The maximum atomic E-state index is 5.46. The van der Waals surface area contributed by atoms with E-state index in [-0.39, 0.29) is 0 Å². The smallest absolute Gasteiger partial charge is 0.109 e. The summed E-state index contributed by atoms with van der Waals surface area (Å²) in [5, 5.41) is 0. The van der Waals surface area contributed by atoms with Crippen LogP contribution in [0, 0.1) is 5.41 Å². The van der Waals surface area contributed by atoms with Crippen molar-refractivity contribution >= 4 is 0 Å². The number of hydrogen-bond donors (Lipinski definition) is 0. The number of hydrogen-bond acceptors (Lipinski definition) is 1. The predicted molar refractivity (Wildman–Crippen MR) is 49.2 cm³/mol. The summed E-state index contributed by atoms with van der Waals surface area (Å²) in [6, 6.07) is 2.12. The normalized spacial score (nSPS) is 26.8. The quantitative estimate of drug-likeness (QED) is 0.573. The second kappa shape index (κ2) is 2.38. The Morgan fingerprint density at radius 3 is 3.00 bits per heavy atom. The van der Waals surface area contributed by atoms with E-state index in [1.807, 2.05) is 6.26 Å². The van der Waals surface area contributed by atoms with Crippen LogP contribution in [0.3, 0.4) is 0 Å². The molecule has 0 aliphatic heterocycles. The summed E-state index contributed by atoms with van der Waals surface area (Å²) in [5.41, 5.74) is 1.87. The van der Waals surface area contributed by atoms with Crippen LogP contribution in [-0.4, -0.2) is 0 Å². The van der Waals surface area contributed by atoms with Crippen molar-refractivity contribution in [1.29, 1.82) is 0 Å². The van der Waals surface area contributed by atoms with Crippen molar-refractivity contribution in [3.05, 3.63) is 23.7 Å². The molecule has 0 aromatic carbocycles. The fourth-order valence-corrected chi connectivity index (χ4v) is 2.44. The molecule has 1 nitrogen and oxygen atoms in total. The summed E-state index contributed by atoms with van der Waals surface area (Å²) in [7, 11) is 0. The zero-order valence-electron chi connectivity index (χ0n) is 8.05. The Bertz CT molecular complexity index is 283. The first kappa shape index (κ1) is 7.90. The first-order chi connectivity index (χ1) is 5.58. The highest BCUT2D eigenvalue weighted by atomic mass is 16.3. The van der Waals surface area contributed by atoms with Gasteiger partial charge in [0.25, 0.3) is 0 Å². The van der Waals surface area contributed by atoms with Crippen LogP contribution in [0.15, 0.2) is 16.7 Å². The molecule has 2 rings (SSSR count). The first-order valence-electron chi connectivity index (χ1n) is 4.65. The van der Waals surface area contributed by atoms with Gasteiger partial charge in [0.05, 0.1) is 6.26 Å². The van der Waals surface area contributed by atoms with Gasteiger partial charge < -0.3 is 4.42 Å². The van der Waals surface area contributed by atoms with Crippen molar-refractivity contribution in [2.75, 3.05) is 0 Å². The standard InChI is InChI=1S/C11H16O/c1-8-6-11(2,3)7-9-4-5-12-10(8)9/h4-5,8H,6-7H2,1-3H3/t8-/m1/s1. The molecule has 1 atom stereocenters. The Morgan fingerprint density at radius 2 is 2.25 bits per heavy atom. The Morgan fingerprint density at radius 1 is 1.50 bits per heavy atom. The summed E-state index contributed by atoms with van der Waals surface area (Å²) >= 11 is 0. The molecule has 1 aliphatic carbocycles. The average molecular weight is 164 g/mol. The van der Waals surface area contributed by atoms with Crippen LogP contribution in [0.5, 0.6) is 0 Å². The molecule has 0 fully saturated rings. The highest BCUT2D eigenvalue weighted by Crippen LogP contribution is 2.41. The molecule has 1 heterocycles. The van der Waals surface area contributed by atoms with Gasteiger partial charge in [0.1, 0.15) is 5.76 Å². The fraction of sp³-hybridized carbons (Fsp3) is 0.636. The lowest BCUT2D eigenvalue weighted by Gasteiger charge is -2.32. The first-order valence-corrected chi connectivity index (χ1v) is 4.65. The molecule has 1 aliphatic rings. The van der Waals surface area contributed by atoms with Crippen molar-refractivity contribution < 1.29 is 4.42 Å². The molecular formula is C11H16O. The molecule has 0 unspecified atom stereocenters. The molecule has 66 valence electrons. The molecule has 12 heavy (non-hydrogen) atoms. The van der Waals surface area contributed by atoms with E-state index in [0.29, 0.717) is 11.3 Å². The number of fused-ring (bicyclic) bond motifs is 1. The highest BCUT2D eigenvalue weighted by molar-refractivity contribution is 5.25. The van der Waals surface area contributed by atoms with Gasteiger partial charge in [0.15, 0.2) is 0 Å². The largest absolute Gasteiger partial charge is 0.469 e. The second-order valence-corrected chi connectivity index (χ2v) is 4.76. The minimum atomic E-state index is 0.455. The van der Waals surface area contributed by atoms with Crippen molar-refractivity contribution in [3.63, 3.8) is 0 Å². The molecular weight excluding hydrogens is 148 g/mol. The van der Waals surface area contributed by atoms with E-state index in [9.17, 15) is 0 Å². The van der Waals surface area contributed by atoms with Crippen molar-refractivity contribution in [3.8, 4) is 0 Å². The molecule has 0 radical (unpaired) electrons. The van der Waals surface area contributed by atoms with E-state index in [2.05, 4.69) is 26.8 Å². The average Bonchev–Trinajstić information content (AvgIpc) is 2.31. The summed E-state index contributed by atoms with van der Waals surface area (Å²) in [4.78, 5) is 0. The second-order valence-electron chi connectivity index (χ2n) is 4.76. The third-order valence-corrected chi connectivity index (χ3v) is 2.76. The van der Waals surface area contributed by atoms with Gasteiger partial charge >= 0.3 is 0 Å². The maximum Gasteiger partial charge on any atom is 0.109 e. The Labute approximate surface area is 73.8 Å². The molecule has 0 N–H and O–H groups in total. The zero-order valence-corrected chi connectivity index (χ0v) is 8.05. The van der Waals surface area contributed by atoms with Crippen molar-refractivity contribution in [2.45, 2.75) is 39.5 Å². The van der Waals surface area contributed by atoms with Gasteiger partial charge in [-0.05, 0) is 29.9 Å². The number of furan rings is 1. The lowest BCUT2D eigenvalue weighted by atomic mass is 9.72. The van der Waals surface area contributed by atoms with Crippen LogP contribution < -0.4 is 0 Å². The topological polar surface area (TPSA) is 13.1 Å². The van der Waals surface area contributed by atoms with Gasteiger partial charge in [-0.3, -0.25) is 0 Å². The minimum Gasteiger partial charge on any atom is -0.469 e. The molecule has 1 aromatic rings. The zero-order chi connectivity index (χ0) is 8.77. The fourth-order valence-electron chi connectivity index (χ4n) is 2.44. The van der Waals surface area contributed by atoms with E-state index in [1.165, 1.54) is 24.2 Å². The Balaban J connectivity index is 2.38. The van der Waals surface area contributed by atoms with Crippen LogP contribution in [0.4, 0.5) is 0 Å². The van der Waals surface area contributed by atoms with E-state index in [1.54, 1.807) is 0 Å². The Hall–Kier alpha value is -0.720. The van der Waals surface area contributed by atoms with E-state index >= 15 is 0 Å². The van der Waals surface area contributed by atoms with Gasteiger partial charge in [0.2, 0.25) is 0 Å². The van der Waals surface area contributed by atoms with E-state index in [0.717, 1.165) is 0 Å². The van der Waals surface area contributed by atoms with E-state index < -0.39 is 0 Å². The summed E-state index contributed by atoms with van der Waals surface area (Å²) < 4.78 is 5.46. The third-order valence-electron chi connectivity index (χ3n) is 2.76. The van der Waals surface area contributed by atoms with Crippen LogP contribution in [0.25, 0.3) is 0 Å². The lowest BCUT2D eigenvalue weighted by Crippen LogP contribution is -2.23. The van der Waals surface area contributed by atoms with Gasteiger partial charge in [-0.15, -0.1) is 0 Å². The van der Waals surface area contributed by atoms with Gasteiger partial charge in [-0.1, -0.05) is 20.8 Å². The molecule has 0 spiro atoms. The van der Waals surface area contributed by atoms with Crippen LogP contribution in [0.1, 0.15) is 44.4 Å². The van der Waals surface area contributed by atoms with Gasteiger partial charge in [0, 0.05) is 5.92 Å². The van der Waals surface area contributed by atoms with Crippen molar-refractivity contribution in [2.24, 2.45) is 5.41 Å². The summed E-state index contributed by atoms with van der Waals surface area (Å²) in [5.74, 6) is 1.81. The molecule has 0 bridgehead atoms. The minimum absolute atomic E-state index is 0.455.